The summed E-state index contributed by atoms with van der Waals surface area (Å²) in [5.74, 6) is 0. The Kier molecular flexibility index (Phi) is 5.27. The fraction of sp³-hybridized carbons (Fsp3) is 0.182. The molecule has 3 rings (SSSR count). The predicted molar refractivity (Wildman–Crippen MR) is 110 cm³/mol. The van der Waals surface area contributed by atoms with Gasteiger partial charge in [0, 0.05) is 4.32 Å². The van der Waals surface area contributed by atoms with Crippen molar-refractivity contribution < 1.29 is 0 Å². The van der Waals surface area contributed by atoms with E-state index in [0.29, 0.717) is 0 Å². The highest BCUT2D eigenvalue weighted by atomic mass is 79.9. The minimum Gasteiger partial charge on any atom is -0.0804 e. The van der Waals surface area contributed by atoms with Crippen LogP contribution in [0, 0.1) is 0 Å². The topological polar surface area (TPSA) is 0 Å². The highest BCUT2D eigenvalue weighted by molar-refractivity contribution is 9.10. The summed E-state index contributed by atoms with van der Waals surface area (Å²) in [6.07, 6.45) is 0.887. The molecular formula is C22H20Br2. The quantitative estimate of drug-likeness (QED) is 0.371. The molecule has 0 spiro atoms. The Bertz CT molecular complexity index is 725. The molecule has 0 nitrogen and oxygen atoms in total. The van der Waals surface area contributed by atoms with Crippen LogP contribution in [-0.4, -0.2) is 0 Å². The molecule has 0 amide bonds. The summed E-state index contributed by atoms with van der Waals surface area (Å²) in [6.45, 7) is 2.24. The predicted octanol–water partition coefficient (Wildman–Crippen LogP) is 7.03. The zero-order valence-corrected chi connectivity index (χ0v) is 16.8. The van der Waals surface area contributed by atoms with E-state index in [4.69, 9.17) is 0 Å². The first kappa shape index (κ1) is 17.4. The lowest BCUT2D eigenvalue weighted by atomic mass is 9.81. The van der Waals surface area contributed by atoms with Gasteiger partial charge in [0.15, 0.2) is 0 Å². The molecule has 0 heterocycles. The Morgan fingerprint density at radius 3 is 1.29 bits per heavy atom. The van der Waals surface area contributed by atoms with E-state index >= 15 is 0 Å². The molecule has 0 aliphatic carbocycles. The van der Waals surface area contributed by atoms with Gasteiger partial charge in [-0.05, 0) is 30.0 Å². The monoisotopic (exact) mass is 442 g/mol. The molecule has 0 bridgehead atoms. The van der Waals surface area contributed by atoms with Crippen LogP contribution in [0.4, 0.5) is 0 Å². The zero-order valence-electron chi connectivity index (χ0n) is 13.6. The van der Waals surface area contributed by atoms with Crippen LogP contribution in [0.1, 0.15) is 30.0 Å². The minimum absolute atomic E-state index is 0.149. The van der Waals surface area contributed by atoms with E-state index in [1.807, 2.05) is 0 Å². The van der Waals surface area contributed by atoms with Gasteiger partial charge in [-0.1, -0.05) is 123 Å². The molecule has 3 aromatic carbocycles. The van der Waals surface area contributed by atoms with E-state index in [1.54, 1.807) is 0 Å². The highest BCUT2D eigenvalue weighted by Crippen LogP contribution is 2.50. The summed E-state index contributed by atoms with van der Waals surface area (Å²) in [7, 11) is 0. The van der Waals surface area contributed by atoms with Crippen molar-refractivity contribution in [1.29, 1.82) is 0 Å². The van der Waals surface area contributed by atoms with Crippen LogP contribution in [0.3, 0.4) is 0 Å². The van der Waals surface area contributed by atoms with Crippen LogP contribution in [0.25, 0.3) is 0 Å². The van der Waals surface area contributed by atoms with Crippen LogP contribution in [0.5, 0.6) is 0 Å². The summed E-state index contributed by atoms with van der Waals surface area (Å²) in [5.41, 5.74) is 3.80. The van der Waals surface area contributed by atoms with Crippen LogP contribution in [-0.2, 0) is 8.65 Å². The smallest absolute Gasteiger partial charge is 0.0771 e. The third kappa shape index (κ3) is 3.65. The lowest BCUT2D eigenvalue weighted by Gasteiger charge is -2.36. The Hall–Kier alpha value is -1.38. The first-order valence-corrected chi connectivity index (χ1v) is 9.65. The summed E-state index contributed by atoms with van der Waals surface area (Å²) in [6, 6.07) is 31.9. The second-order valence-electron chi connectivity index (χ2n) is 6.27. The standard InChI is InChI=1S/C22H20Br2/c1-21(23,18-11-5-2-6-12-18)17-22(24,19-13-7-3-8-14-19)20-15-9-4-10-16-20/h2-16H,17H2,1H3. The van der Waals surface area contributed by atoms with Crippen molar-refractivity contribution in [1.82, 2.24) is 0 Å². The maximum atomic E-state index is 4.10. The Morgan fingerprint density at radius 1 is 0.583 bits per heavy atom. The van der Waals surface area contributed by atoms with Crippen molar-refractivity contribution >= 4 is 31.9 Å². The van der Waals surface area contributed by atoms with E-state index < -0.39 is 0 Å². The summed E-state index contributed by atoms with van der Waals surface area (Å²) in [4.78, 5) is 0. The SMILES string of the molecule is CC(Br)(CC(Br)(c1ccccc1)c1ccccc1)c1ccccc1. The van der Waals surface area contributed by atoms with Gasteiger partial charge in [-0.15, -0.1) is 0 Å². The fourth-order valence-corrected chi connectivity index (χ4v) is 5.27. The molecule has 0 aliphatic heterocycles. The van der Waals surface area contributed by atoms with Crippen molar-refractivity contribution in [3.8, 4) is 0 Å². The van der Waals surface area contributed by atoms with Crippen molar-refractivity contribution in [2.45, 2.75) is 22.0 Å². The first-order valence-electron chi connectivity index (χ1n) is 8.07. The normalized spacial score (nSPS) is 14.1. The van der Waals surface area contributed by atoms with Crippen LogP contribution < -0.4 is 0 Å². The van der Waals surface area contributed by atoms with Gasteiger partial charge in [0.1, 0.15) is 0 Å². The maximum absolute atomic E-state index is 4.10. The Labute approximate surface area is 161 Å². The third-order valence-corrected chi connectivity index (χ3v) is 6.35. The van der Waals surface area contributed by atoms with Crippen molar-refractivity contribution in [2.24, 2.45) is 0 Å². The van der Waals surface area contributed by atoms with E-state index in [9.17, 15) is 0 Å². The highest BCUT2D eigenvalue weighted by Gasteiger charge is 2.39. The number of hydrogen-bond acceptors (Lipinski definition) is 0. The second-order valence-corrected chi connectivity index (χ2v) is 9.38. The molecular weight excluding hydrogens is 424 g/mol. The molecule has 0 fully saturated rings. The molecule has 0 aliphatic rings. The Morgan fingerprint density at radius 2 is 0.917 bits per heavy atom. The van der Waals surface area contributed by atoms with Crippen molar-refractivity contribution in [3.05, 3.63) is 108 Å². The molecule has 3 aromatic rings. The van der Waals surface area contributed by atoms with Gasteiger partial charge >= 0.3 is 0 Å². The summed E-state index contributed by atoms with van der Waals surface area (Å²) < 4.78 is -0.410. The van der Waals surface area contributed by atoms with Crippen LogP contribution >= 0.6 is 31.9 Å². The molecule has 0 saturated carbocycles. The molecule has 0 N–H and O–H groups in total. The summed E-state index contributed by atoms with van der Waals surface area (Å²) in [5, 5.41) is 0. The molecule has 0 aromatic heterocycles. The maximum Gasteiger partial charge on any atom is 0.0771 e. The van der Waals surface area contributed by atoms with Crippen LogP contribution in [0.2, 0.25) is 0 Å². The fourth-order valence-electron chi connectivity index (χ4n) is 3.12. The van der Waals surface area contributed by atoms with E-state index in [-0.39, 0.29) is 8.65 Å². The molecule has 122 valence electrons. The number of rotatable bonds is 5. The van der Waals surface area contributed by atoms with Gasteiger partial charge in [0.2, 0.25) is 0 Å². The van der Waals surface area contributed by atoms with Gasteiger partial charge in [0.05, 0.1) is 4.32 Å². The average Bonchev–Trinajstić information content (AvgIpc) is 2.63. The van der Waals surface area contributed by atoms with Gasteiger partial charge < -0.3 is 0 Å². The lowest BCUT2D eigenvalue weighted by Crippen LogP contribution is -2.29. The van der Waals surface area contributed by atoms with Crippen LogP contribution in [0.15, 0.2) is 91.0 Å². The number of benzene rings is 3. The molecule has 2 heteroatoms. The molecule has 0 saturated heterocycles. The molecule has 0 radical (unpaired) electrons. The second kappa shape index (κ2) is 7.25. The van der Waals surface area contributed by atoms with Gasteiger partial charge in [-0.2, -0.15) is 0 Å². The largest absolute Gasteiger partial charge is 0.0804 e. The zero-order chi connectivity index (χ0) is 17.0. The lowest BCUT2D eigenvalue weighted by molar-refractivity contribution is 0.554. The van der Waals surface area contributed by atoms with E-state index in [2.05, 4.69) is 130 Å². The summed E-state index contributed by atoms with van der Waals surface area (Å²) >= 11 is 8.10. The average molecular weight is 444 g/mol. The third-order valence-electron chi connectivity index (χ3n) is 4.41. The van der Waals surface area contributed by atoms with Gasteiger partial charge in [0.25, 0.3) is 0 Å². The van der Waals surface area contributed by atoms with Gasteiger partial charge in [-0.25, -0.2) is 0 Å². The molecule has 1 unspecified atom stereocenters. The number of hydrogen-bond donors (Lipinski definition) is 0. The van der Waals surface area contributed by atoms with Crippen molar-refractivity contribution in [3.63, 3.8) is 0 Å². The van der Waals surface area contributed by atoms with Gasteiger partial charge in [-0.3, -0.25) is 0 Å². The number of halogens is 2. The van der Waals surface area contributed by atoms with E-state index in [1.165, 1.54) is 16.7 Å². The molecule has 24 heavy (non-hydrogen) atoms. The van der Waals surface area contributed by atoms with E-state index in [0.717, 1.165) is 6.42 Å². The molecule has 1 atom stereocenters. The van der Waals surface area contributed by atoms with Crippen molar-refractivity contribution in [2.75, 3.05) is 0 Å². The first-order chi connectivity index (χ1) is 11.5. The Balaban J connectivity index is 2.06. The minimum atomic E-state index is -0.260. The number of alkyl halides is 2.